The fourth-order valence-electron chi connectivity index (χ4n) is 3.41. The predicted molar refractivity (Wildman–Crippen MR) is 101 cm³/mol. The molecular formula is C18H22Br2N2O2. The lowest BCUT2D eigenvalue weighted by Gasteiger charge is -2.28. The third-order valence-corrected chi connectivity index (χ3v) is 6.12. The molecule has 0 radical (unpaired) electrons. The van der Waals surface area contributed by atoms with E-state index < -0.39 is 0 Å². The van der Waals surface area contributed by atoms with Gasteiger partial charge in [0.05, 0.1) is 11.1 Å². The van der Waals surface area contributed by atoms with Crippen LogP contribution in [0.1, 0.15) is 59.2 Å². The quantitative estimate of drug-likeness (QED) is 0.657. The van der Waals surface area contributed by atoms with E-state index in [1.807, 2.05) is 9.80 Å². The van der Waals surface area contributed by atoms with E-state index in [4.69, 9.17) is 0 Å². The van der Waals surface area contributed by atoms with E-state index >= 15 is 0 Å². The summed E-state index contributed by atoms with van der Waals surface area (Å²) in [6.07, 6.45) is 6.65. The van der Waals surface area contributed by atoms with Crippen LogP contribution in [0.5, 0.6) is 0 Å². The zero-order valence-corrected chi connectivity index (χ0v) is 16.9. The number of likely N-dealkylation sites (tertiary alicyclic amines) is 2. The van der Waals surface area contributed by atoms with Crippen molar-refractivity contribution in [3.05, 3.63) is 32.2 Å². The molecule has 0 aromatic heterocycles. The predicted octanol–water partition coefficient (Wildman–Crippen LogP) is 4.46. The van der Waals surface area contributed by atoms with Crippen molar-refractivity contribution in [1.29, 1.82) is 0 Å². The van der Waals surface area contributed by atoms with Crippen molar-refractivity contribution in [1.82, 2.24) is 9.80 Å². The van der Waals surface area contributed by atoms with Crippen LogP contribution in [0.2, 0.25) is 0 Å². The van der Waals surface area contributed by atoms with Gasteiger partial charge in [-0.1, -0.05) is 0 Å². The smallest absolute Gasteiger partial charge is 0.255 e. The van der Waals surface area contributed by atoms with Gasteiger partial charge in [0.15, 0.2) is 0 Å². The summed E-state index contributed by atoms with van der Waals surface area (Å²) >= 11 is 7.00. The summed E-state index contributed by atoms with van der Waals surface area (Å²) in [7, 11) is 0. The zero-order valence-electron chi connectivity index (χ0n) is 13.7. The topological polar surface area (TPSA) is 40.6 Å². The van der Waals surface area contributed by atoms with E-state index in [0.29, 0.717) is 20.1 Å². The van der Waals surface area contributed by atoms with E-state index in [9.17, 15) is 9.59 Å². The molecular weight excluding hydrogens is 436 g/mol. The number of carbonyl (C=O) groups is 2. The molecule has 6 heteroatoms. The van der Waals surface area contributed by atoms with Crippen LogP contribution in [0.25, 0.3) is 0 Å². The van der Waals surface area contributed by atoms with Crippen LogP contribution >= 0.6 is 31.9 Å². The number of hydrogen-bond acceptors (Lipinski definition) is 2. The average molecular weight is 458 g/mol. The van der Waals surface area contributed by atoms with Gasteiger partial charge < -0.3 is 9.80 Å². The summed E-state index contributed by atoms with van der Waals surface area (Å²) in [5.41, 5.74) is 1.25. The van der Waals surface area contributed by atoms with Crippen LogP contribution in [0.4, 0.5) is 0 Å². The third-order valence-electron chi connectivity index (χ3n) is 4.80. The van der Waals surface area contributed by atoms with Gasteiger partial charge in [-0.15, -0.1) is 0 Å². The molecule has 0 bridgehead atoms. The molecule has 2 aliphatic heterocycles. The number of amides is 2. The molecule has 1 aromatic rings. The average Bonchev–Trinajstić information content (AvgIpc) is 2.63. The van der Waals surface area contributed by atoms with E-state index in [1.54, 1.807) is 12.1 Å². The minimum atomic E-state index is 0.0410. The molecule has 0 N–H and O–H groups in total. The lowest BCUT2D eigenvalue weighted by atomic mass is 10.1. The fourth-order valence-corrected chi connectivity index (χ4v) is 4.44. The first-order chi connectivity index (χ1) is 11.6. The Bertz CT molecular complexity index is 580. The minimum absolute atomic E-state index is 0.0410. The highest BCUT2D eigenvalue weighted by Crippen LogP contribution is 2.29. The van der Waals surface area contributed by atoms with Crippen molar-refractivity contribution in [2.75, 3.05) is 26.2 Å². The number of piperidine rings is 2. The SMILES string of the molecule is O=C(c1cc(Br)c(C(=O)N2CCCCC2)cc1Br)N1CCCCC1. The van der Waals surface area contributed by atoms with Gasteiger partial charge in [0.25, 0.3) is 11.8 Å². The standard InChI is InChI=1S/C18H22Br2N2O2/c19-15-12-14(18(24)22-9-5-2-6-10-22)16(20)11-13(15)17(23)21-7-3-1-4-8-21/h11-12H,1-10H2. The lowest BCUT2D eigenvalue weighted by Crippen LogP contribution is -2.36. The lowest BCUT2D eigenvalue weighted by molar-refractivity contribution is 0.0711. The second kappa shape index (κ2) is 8.00. The minimum Gasteiger partial charge on any atom is -0.339 e. The molecule has 1 aromatic carbocycles. The highest BCUT2D eigenvalue weighted by molar-refractivity contribution is 9.11. The molecule has 0 atom stereocenters. The summed E-state index contributed by atoms with van der Waals surface area (Å²) in [5.74, 6) is 0.0819. The molecule has 2 aliphatic rings. The van der Waals surface area contributed by atoms with Crippen LogP contribution in [-0.2, 0) is 0 Å². The van der Waals surface area contributed by atoms with Gasteiger partial charge in [0.1, 0.15) is 0 Å². The number of halogens is 2. The number of hydrogen-bond donors (Lipinski definition) is 0. The Morgan fingerprint density at radius 3 is 1.33 bits per heavy atom. The van der Waals surface area contributed by atoms with E-state index in [0.717, 1.165) is 51.9 Å². The molecule has 4 nitrogen and oxygen atoms in total. The summed E-state index contributed by atoms with van der Waals surface area (Å²) in [6, 6.07) is 3.58. The monoisotopic (exact) mass is 456 g/mol. The molecule has 2 fully saturated rings. The van der Waals surface area contributed by atoms with Crippen LogP contribution in [0.15, 0.2) is 21.1 Å². The molecule has 3 rings (SSSR count). The van der Waals surface area contributed by atoms with Crippen molar-refractivity contribution in [3.8, 4) is 0 Å². The number of carbonyl (C=O) groups excluding carboxylic acids is 2. The molecule has 0 unspecified atom stereocenters. The Balaban J connectivity index is 1.82. The molecule has 130 valence electrons. The summed E-state index contributed by atoms with van der Waals surface area (Å²) in [5, 5.41) is 0. The van der Waals surface area contributed by atoms with E-state index in [2.05, 4.69) is 31.9 Å². The second-order valence-electron chi connectivity index (χ2n) is 6.52. The van der Waals surface area contributed by atoms with Crippen molar-refractivity contribution in [2.45, 2.75) is 38.5 Å². The molecule has 2 saturated heterocycles. The van der Waals surface area contributed by atoms with Gasteiger partial charge in [0.2, 0.25) is 0 Å². The highest BCUT2D eigenvalue weighted by atomic mass is 79.9. The first-order valence-electron chi connectivity index (χ1n) is 8.65. The maximum Gasteiger partial charge on any atom is 0.255 e. The number of benzene rings is 1. The van der Waals surface area contributed by atoms with Crippen LogP contribution in [0, 0.1) is 0 Å². The Hall–Kier alpha value is -0.880. The second-order valence-corrected chi connectivity index (χ2v) is 8.23. The zero-order chi connectivity index (χ0) is 17.1. The van der Waals surface area contributed by atoms with Crippen LogP contribution in [0.3, 0.4) is 0 Å². The third kappa shape index (κ3) is 3.85. The first kappa shape index (κ1) is 17.9. The molecule has 0 aliphatic carbocycles. The van der Waals surface area contributed by atoms with Crippen LogP contribution in [-0.4, -0.2) is 47.8 Å². The van der Waals surface area contributed by atoms with Gasteiger partial charge in [0, 0.05) is 35.1 Å². The normalized spacial score (nSPS) is 18.6. The van der Waals surface area contributed by atoms with Crippen molar-refractivity contribution < 1.29 is 9.59 Å². The van der Waals surface area contributed by atoms with E-state index in [1.165, 1.54) is 12.8 Å². The number of rotatable bonds is 2. The molecule has 0 spiro atoms. The Morgan fingerprint density at radius 2 is 1.00 bits per heavy atom. The molecule has 0 saturated carbocycles. The van der Waals surface area contributed by atoms with E-state index in [-0.39, 0.29) is 11.8 Å². The molecule has 2 heterocycles. The van der Waals surface area contributed by atoms with Gasteiger partial charge in [-0.3, -0.25) is 9.59 Å². The largest absolute Gasteiger partial charge is 0.339 e. The Kier molecular flexibility index (Phi) is 5.98. The van der Waals surface area contributed by atoms with Gasteiger partial charge in [-0.05, 0) is 82.5 Å². The van der Waals surface area contributed by atoms with Gasteiger partial charge in [-0.2, -0.15) is 0 Å². The Morgan fingerprint density at radius 1 is 0.667 bits per heavy atom. The molecule has 2 amide bonds. The van der Waals surface area contributed by atoms with Gasteiger partial charge >= 0.3 is 0 Å². The fraction of sp³-hybridized carbons (Fsp3) is 0.556. The van der Waals surface area contributed by atoms with Crippen LogP contribution < -0.4 is 0 Å². The summed E-state index contributed by atoms with van der Waals surface area (Å²) in [4.78, 5) is 29.3. The first-order valence-corrected chi connectivity index (χ1v) is 10.2. The summed E-state index contributed by atoms with van der Waals surface area (Å²) in [6.45, 7) is 3.27. The van der Waals surface area contributed by atoms with Gasteiger partial charge in [-0.25, -0.2) is 0 Å². The Labute approximate surface area is 159 Å². The maximum absolute atomic E-state index is 12.7. The number of nitrogens with zero attached hydrogens (tertiary/aromatic N) is 2. The summed E-state index contributed by atoms with van der Waals surface area (Å²) < 4.78 is 1.39. The molecule has 24 heavy (non-hydrogen) atoms. The maximum atomic E-state index is 12.7. The van der Waals surface area contributed by atoms with Crippen molar-refractivity contribution in [3.63, 3.8) is 0 Å². The van der Waals surface area contributed by atoms with Crippen molar-refractivity contribution in [2.24, 2.45) is 0 Å². The van der Waals surface area contributed by atoms with Crippen molar-refractivity contribution >= 4 is 43.7 Å². The highest BCUT2D eigenvalue weighted by Gasteiger charge is 2.25.